The van der Waals surface area contributed by atoms with Gasteiger partial charge in [-0.15, -0.1) is 0 Å². The number of carbonyl (C=O) groups excluding carboxylic acids is 3. The van der Waals surface area contributed by atoms with Crippen molar-refractivity contribution in [2.45, 2.75) is 70.3 Å². The van der Waals surface area contributed by atoms with Crippen LogP contribution in [0.4, 0.5) is 4.79 Å². The molecule has 6 heteroatoms. The molecule has 4 amide bonds. The summed E-state index contributed by atoms with van der Waals surface area (Å²) in [5, 5.41) is 6.03. The molecule has 5 aliphatic rings. The fourth-order valence-corrected chi connectivity index (χ4v) is 7.54. The number of hydrogen-bond donors (Lipinski definition) is 2. The zero-order chi connectivity index (χ0) is 25.9. The Morgan fingerprint density at radius 1 is 0.973 bits per heavy atom. The normalized spacial score (nSPS) is 30.2. The lowest BCUT2D eigenvalue weighted by Gasteiger charge is -2.45. The van der Waals surface area contributed by atoms with Gasteiger partial charge in [-0.3, -0.25) is 14.5 Å². The van der Waals surface area contributed by atoms with Gasteiger partial charge in [-0.1, -0.05) is 69.3 Å². The number of hydrogen-bond acceptors (Lipinski definition) is 3. The molecule has 1 unspecified atom stereocenters. The minimum absolute atomic E-state index is 0.187. The minimum atomic E-state index is -0.838. The number of rotatable bonds is 4. The summed E-state index contributed by atoms with van der Waals surface area (Å²) in [6, 6.07) is 16.9. The van der Waals surface area contributed by atoms with E-state index in [2.05, 4.69) is 79.9 Å². The van der Waals surface area contributed by atoms with Gasteiger partial charge in [0.2, 0.25) is 5.91 Å². The van der Waals surface area contributed by atoms with Crippen molar-refractivity contribution >= 4 is 17.8 Å². The lowest BCUT2D eigenvalue weighted by Crippen LogP contribution is -2.51. The molecule has 1 spiro atoms. The van der Waals surface area contributed by atoms with E-state index >= 15 is 0 Å². The largest absolute Gasteiger partial charge is 0.354 e. The van der Waals surface area contributed by atoms with Crippen LogP contribution in [-0.2, 0) is 9.59 Å². The Labute approximate surface area is 219 Å². The molecule has 2 N–H and O–H groups in total. The molecule has 1 aliphatic heterocycles. The molecule has 2 aromatic carbocycles. The van der Waals surface area contributed by atoms with Gasteiger partial charge in [0.15, 0.2) is 0 Å². The Hall–Kier alpha value is -3.15. The van der Waals surface area contributed by atoms with Crippen molar-refractivity contribution in [1.29, 1.82) is 0 Å². The minimum Gasteiger partial charge on any atom is -0.354 e. The van der Waals surface area contributed by atoms with Crippen LogP contribution in [0.15, 0.2) is 48.5 Å². The average Bonchev–Trinajstić information content (AvgIpc) is 3.11. The van der Waals surface area contributed by atoms with Crippen molar-refractivity contribution in [3.05, 3.63) is 70.8 Å². The zero-order valence-corrected chi connectivity index (χ0v) is 22.0. The van der Waals surface area contributed by atoms with Crippen LogP contribution in [0, 0.1) is 17.3 Å². The van der Waals surface area contributed by atoms with Gasteiger partial charge >= 0.3 is 6.03 Å². The maximum absolute atomic E-state index is 13.3. The van der Waals surface area contributed by atoms with Crippen LogP contribution in [0.2, 0.25) is 0 Å². The summed E-state index contributed by atoms with van der Waals surface area (Å²) in [5.74, 6) is 0.887. The third-order valence-electron chi connectivity index (χ3n) is 9.60. The number of carbonyl (C=O) groups is 3. The second kappa shape index (κ2) is 8.71. The van der Waals surface area contributed by atoms with E-state index < -0.39 is 11.6 Å². The monoisotopic (exact) mass is 499 g/mol. The van der Waals surface area contributed by atoms with E-state index in [-0.39, 0.29) is 35.6 Å². The van der Waals surface area contributed by atoms with Crippen LogP contribution in [0.25, 0.3) is 0 Å². The molecule has 0 radical (unpaired) electrons. The Morgan fingerprint density at radius 2 is 1.54 bits per heavy atom. The summed E-state index contributed by atoms with van der Waals surface area (Å²) < 4.78 is 0. The molecular formula is C31H37N3O3. The second-order valence-electron chi connectivity index (χ2n) is 12.6. The van der Waals surface area contributed by atoms with Crippen LogP contribution in [-0.4, -0.2) is 41.4 Å². The first kappa shape index (κ1) is 24.2. The first-order chi connectivity index (χ1) is 17.7. The van der Waals surface area contributed by atoms with Gasteiger partial charge in [0, 0.05) is 18.4 Å². The van der Waals surface area contributed by atoms with Crippen molar-refractivity contribution in [3.8, 4) is 0 Å². The van der Waals surface area contributed by atoms with E-state index in [9.17, 15) is 14.4 Å². The van der Waals surface area contributed by atoms with E-state index in [1.54, 1.807) is 0 Å². The summed E-state index contributed by atoms with van der Waals surface area (Å²) in [6.07, 6.45) is 4.08. The van der Waals surface area contributed by atoms with E-state index in [0.717, 1.165) is 24.2 Å². The summed E-state index contributed by atoms with van der Waals surface area (Å²) in [6.45, 7) is 7.01. The van der Waals surface area contributed by atoms with Crippen molar-refractivity contribution in [2.24, 2.45) is 17.3 Å². The molecule has 6 nitrogen and oxygen atoms in total. The predicted octanol–water partition coefficient (Wildman–Crippen LogP) is 4.93. The number of benzene rings is 2. The molecule has 1 heterocycles. The molecule has 1 atom stereocenters. The predicted molar refractivity (Wildman–Crippen MR) is 142 cm³/mol. The first-order valence-corrected chi connectivity index (χ1v) is 13.8. The highest BCUT2D eigenvalue weighted by molar-refractivity contribution is 6.09. The van der Waals surface area contributed by atoms with Crippen molar-refractivity contribution in [1.82, 2.24) is 15.5 Å². The fourth-order valence-electron chi connectivity index (χ4n) is 7.54. The Morgan fingerprint density at radius 3 is 2.11 bits per heavy atom. The highest BCUT2D eigenvalue weighted by Gasteiger charge is 2.53. The lowest BCUT2D eigenvalue weighted by atomic mass is 9.59. The third-order valence-corrected chi connectivity index (χ3v) is 9.60. The van der Waals surface area contributed by atoms with Crippen LogP contribution in [0.3, 0.4) is 0 Å². The molecule has 1 saturated heterocycles. The van der Waals surface area contributed by atoms with Gasteiger partial charge in [-0.2, -0.15) is 0 Å². The van der Waals surface area contributed by atoms with Crippen LogP contribution in [0.5, 0.6) is 0 Å². The van der Waals surface area contributed by atoms with Crippen LogP contribution in [0.1, 0.15) is 87.0 Å². The molecule has 37 heavy (non-hydrogen) atoms. The van der Waals surface area contributed by atoms with Crippen LogP contribution < -0.4 is 10.6 Å². The number of nitrogens with one attached hydrogen (secondary N) is 2. The molecule has 0 aromatic heterocycles. The molecule has 1 saturated carbocycles. The Bertz CT molecular complexity index is 1210. The number of fused-ring (bicyclic) bond motifs is 1. The second-order valence-corrected chi connectivity index (χ2v) is 12.6. The van der Waals surface area contributed by atoms with Crippen LogP contribution >= 0.6 is 0 Å². The smallest absolute Gasteiger partial charge is 0.325 e. The van der Waals surface area contributed by atoms with Crippen molar-refractivity contribution in [2.75, 3.05) is 13.1 Å². The average molecular weight is 500 g/mol. The van der Waals surface area contributed by atoms with E-state index in [1.165, 1.54) is 22.3 Å². The molecule has 2 fully saturated rings. The molecular weight excluding hydrogens is 462 g/mol. The molecule has 2 bridgehead atoms. The lowest BCUT2D eigenvalue weighted by molar-refractivity contribution is -0.136. The maximum Gasteiger partial charge on any atom is 0.325 e. The zero-order valence-electron chi connectivity index (χ0n) is 22.0. The number of urea groups is 1. The number of amides is 4. The SMILES string of the molecule is CC(C)(C)C1CCC2(CC1)NC(=O)N(CC(=O)NCC1CC3c4ccccc4C1c1ccccc13)C2=O. The third kappa shape index (κ3) is 3.96. The number of nitrogens with zero attached hydrogens (tertiary/aromatic N) is 1. The van der Waals surface area contributed by atoms with Gasteiger partial charge in [-0.05, 0) is 71.6 Å². The summed E-state index contributed by atoms with van der Waals surface area (Å²) in [5.41, 5.74) is 4.87. The van der Waals surface area contributed by atoms with Gasteiger partial charge in [0.05, 0.1) is 0 Å². The molecule has 4 aliphatic carbocycles. The highest BCUT2D eigenvalue weighted by atomic mass is 16.2. The van der Waals surface area contributed by atoms with Gasteiger partial charge in [-0.25, -0.2) is 4.79 Å². The standard InChI is InChI=1S/C31H37N3O3/c1-30(2,3)20-12-14-31(15-13-20)28(36)34(29(37)33-31)18-26(35)32-17-19-16-25-21-8-4-6-10-23(21)27(19)24-11-7-5-9-22(24)25/h4-11,19-20,25,27H,12-18H2,1-3H3,(H,32,35)(H,33,37). The molecule has 194 valence electrons. The maximum atomic E-state index is 13.3. The van der Waals surface area contributed by atoms with Gasteiger partial charge < -0.3 is 10.6 Å². The first-order valence-electron chi connectivity index (χ1n) is 13.8. The van der Waals surface area contributed by atoms with Gasteiger partial charge in [0.1, 0.15) is 12.1 Å². The van der Waals surface area contributed by atoms with Crippen molar-refractivity contribution in [3.63, 3.8) is 0 Å². The Balaban J connectivity index is 1.11. The fraction of sp³-hybridized carbons (Fsp3) is 0.516. The summed E-state index contributed by atoms with van der Waals surface area (Å²) in [7, 11) is 0. The van der Waals surface area contributed by atoms with E-state index in [1.807, 2.05) is 0 Å². The highest BCUT2D eigenvalue weighted by Crippen LogP contribution is 2.55. The summed E-state index contributed by atoms with van der Waals surface area (Å²) in [4.78, 5) is 40.2. The Kier molecular flexibility index (Phi) is 5.70. The van der Waals surface area contributed by atoms with E-state index in [4.69, 9.17) is 0 Å². The molecule has 2 aromatic rings. The summed E-state index contributed by atoms with van der Waals surface area (Å²) >= 11 is 0. The molecule has 7 rings (SSSR count). The quantitative estimate of drug-likeness (QED) is 0.586. The van der Waals surface area contributed by atoms with Gasteiger partial charge in [0.25, 0.3) is 5.91 Å². The van der Waals surface area contributed by atoms with E-state index in [0.29, 0.717) is 31.2 Å². The van der Waals surface area contributed by atoms with Crippen molar-refractivity contribution < 1.29 is 14.4 Å². The number of imide groups is 1. The topological polar surface area (TPSA) is 78.5 Å².